The molecule has 0 saturated heterocycles. The van der Waals surface area contributed by atoms with Crippen LogP contribution in [0.5, 0.6) is 0 Å². The fourth-order valence-corrected chi connectivity index (χ4v) is 2.84. The van der Waals surface area contributed by atoms with E-state index in [0.29, 0.717) is 12.2 Å². The molecular weight excluding hydrogens is 296 g/mol. The van der Waals surface area contributed by atoms with Crippen molar-refractivity contribution in [2.75, 3.05) is 7.05 Å². The molecule has 0 aliphatic rings. The third-order valence-electron chi connectivity index (χ3n) is 3.30. The standard InChI is InChI=1S/C16H16N4OS/c1-12-18-13(10-22-12)9-19(2)16(21)15-8-17-11-20(15)14-6-4-3-5-7-14/h3-8,10-11H,9H2,1-2H3. The number of nitrogens with zero attached hydrogens (tertiary/aromatic N) is 4. The molecule has 0 aliphatic heterocycles. The Bertz CT molecular complexity index is 778. The first-order valence-electron chi connectivity index (χ1n) is 6.89. The van der Waals surface area contributed by atoms with E-state index in [9.17, 15) is 4.79 Å². The molecule has 0 saturated carbocycles. The van der Waals surface area contributed by atoms with E-state index in [-0.39, 0.29) is 5.91 Å². The van der Waals surface area contributed by atoms with Crippen LogP contribution in [0.15, 0.2) is 48.2 Å². The van der Waals surface area contributed by atoms with Crippen molar-refractivity contribution in [3.63, 3.8) is 0 Å². The smallest absolute Gasteiger partial charge is 0.272 e. The predicted octanol–water partition coefficient (Wildman–Crippen LogP) is 2.91. The van der Waals surface area contributed by atoms with E-state index in [2.05, 4.69) is 9.97 Å². The number of aromatic nitrogens is 3. The van der Waals surface area contributed by atoms with Crippen LogP contribution < -0.4 is 0 Å². The van der Waals surface area contributed by atoms with E-state index in [1.54, 1.807) is 40.4 Å². The quantitative estimate of drug-likeness (QED) is 0.744. The minimum Gasteiger partial charge on any atom is -0.334 e. The van der Waals surface area contributed by atoms with Crippen LogP contribution in [0.3, 0.4) is 0 Å². The van der Waals surface area contributed by atoms with Gasteiger partial charge in [0.1, 0.15) is 5.69 Å². The third kappa shape index (κ3) is 2.92. The van der Waals surface area contributed by atoms with Gasteiger partial charge in [-0.15, -0.1) is 11.3 Å². The minimum atomic E-state index is -0.0768. The predicted molar refractivity (Wildman–Crippen MR) is 86.2 cm³/mol. The summed E-state index contributed by atoms with van der Waals surface area (Å²) in [7, 11) is 1.78. The van der Waals surface area contributed by atoms with Crippen LogP contribution in [0.2, 0.25) is 0 Å². The molecule has 0 radical (unpaired) electrons. The van der Waals surface area contributed by atoms with Gasteiger partial charge in [-0.05, 0) is 19.1 Å². The topological polar surface area (TPSA) is 51.0 Å². The van der Waals surface area contributed by atoms with Crippen LogP contribution in [0.1, 0.15) is 21.2 Å². The molecule has 1 aromatic carbocycles. The molecule has 6 heteroatoms. The second kappa shape index (κ2) is 6.11. The molecule has 1 amide bonds. The molecule has 22 heavy (non-hydrogen) atoms. The zero-order chi connectivity index (χ0) is 15.5. The van der Waals surface area contributed by atoms with Crippen molar-refractivity contribution in [2.45, 2.75) is 13.5 Å². The Kier molecular flexibility index (Phi) is 4.02. The lowest BCUT2D eigenvalue weighted by atomic mass is 10.3. The highest BCUT2D eigenvalue weighted by Gasteiger charge is 2.18. The highest BCUT2D eigenvalue weighted by atomic mass is 32.1. The first-order chi connectivity index (χ1) is 10.6. The second-order valence-electron chi connectivity index (χ2n) is 5.00. The number of para-hydroxylation sites is 1. The van der Waals surface area contributed by atoms with Crippen molar-refractivity contribution in [2.24, 2.45) is 0 Å². The number of thiazole rings is 1. The summed E-state index contributed by atoms with van der Waals surface area (Å²) in [5.41, 5.74) is 2.37. The van der Waals surface area contributed by atoms with Gasteiger partial charge in [-0.25, -0.2) is 9.97 Å². The Morgan fingerprint density at radius 1 is 1.32 bits per heavy atom. The first kappa shape index (κ1) is 14.5. The summed E-state index contributed by atoms with van der Waals surface area (Å²) in [6.45, 7) is 2.45. The van der Waals surface area contributed by atoms with Gasteiger partial charge in [0, 0.05) is 18.1 Å². The maximum absolute atomic E-state index is 12.7. The van der Waals surface area contributed by atoms with Crippen molar-refractivity contribution in [1.29, 1.82) is 0 Å². The molecule has 2 aromatic heterocycles. The number of hydrogen-bond acceptors (Lipinski definition) is 4. The molecule has 5 nitrogen and oxygen atoms in total. The lowest BCUT2D eigenvalue weighted by Crippen LogP contribution is -2.28. The molecule has 112 valence electrons. The number of rotatable bonds is 4. The molecule has 2 heterocycles. The van der Waals surface area contributed by atoms with E-state index in [0.717, 1.165) is 16.4 Å². The fraction of sp³-hybridized carbons (Fsp3) is 0.188. The molecule has 3 rings (SSSR count). The molecule has 0 N–H and O–H groups in total. The molecule has 0 unspecified atom stereocenters. The average Bonchev–Trinajstić information content (AvgIpc) is 3.16. The number of carbonyl (C=O) groups is 1. The second-order valence-corrected chi connectivity index (χ2v) is 6.07. The molecular formula is C16H16N4OS. The van der Waals surface area contributed by atoms with Gasteiger partial charge in [0.2, 0.25) is 0 Å². The summed E-state index contributed by atoms with van der Waals surface area (Å²) in [4.78, 5) is 22.8. The van der Waals surface area contributed by atoms with E-state index in [4.69, 9.17) is 0 Å². The number of carbonyl (C=O) groups excluding carboxylic acids is 1. The van der Waals surface area contributed by atoms with Crippen LogP contribution >= 0.6 is 11.3 Å². The molecule has 3 aromatic rings. The molecule has 0 fully saturated rings. The van der Waals surface area contributed by atoms with Crippen molar-refractivity contribution < 1.29 is 4.79 Å². The average molecular weight is 312 g/mol. The summed E-state index contributed by atoms with van der Waals surface area (Å²) in [5, 5.41) is 2.98. The zero-order valence-corrected chi connectivity index (χ0v) is 13.2. The largest absolute Gasteiger partial charge is 0.334 e. The van der Waals surface area contributed by atoms with E-state index in [1.807, 2.05) is 42.6 Å². The van der Waals surface area contributed by atoms with Crippen molar-refractivity contribution in [3.05, 3.63) is 64.6 Å². The molecule has 0 aliphatic carbocycles. The zero-order valence-electron chi connectivity index (χ0n) is 12.4. The Morgan fingerprint density at radius 3 is 2.77 bits per heavy atom. The first-order valence-corrected chi connectivity index (χ1v) is 7.77. The van der Waals surface area contributed by atoms with Gasteiger partial charge in [-0.1, -0.05) is 18.2 Å². The number of aryl methyl sites for hydroxylation is 1. The Balaban J connectivity index is 1.82. The van der Waals surface area contributed by atoms with Gasteiger partial charge in [0.15, 0.2) is 0 Å². The summed E-state index contributed by atoms with van der Waals surface area (Å²) in [5.74, 6) is -0.0768. The van der Waals surface area contributed by atoms with Crippen LogP contribution in [0.4, 0.5) is 0 Å². The summed E-state index contributed by atoms with van der Waals surface area (Å²) < 4.78 is 1.80. The third-order valence-corrected chi connectivity index (χ3v) is 4.13. The van der Waals surface area contributed by atoms with Crippen molar-refractivity contribution in [3.8, 4) is 5.69 Å². The Morgan fingerprint density at radius 2 is 2.09 bits per heavy atom. The fourth-order valence-electron chi connectivity index (χ4n) is 2.24. The Hall–Kier alpha value is -2.47. The monoisotopic (exact) mass is 312 g/mol. The highest BCUT2D eigenvalue weighted by molar-refractivity contribution is 7.09. The SMILES string of the molecule is Cc1nc(CN(C)C(=O)c2cncn2-c2ccccc2)cs1. The van der Waals surface area contributed by atoms with Crippen LogP contribution in [0.25, 0.3) is 5.69 Å². The van der Waals surface area contributed by atoms with Gasteiger partial charge in [-0.2, -0.15) is 0 Å². The molecule has 0 atom stereocenters. The lowest BCUT2D eigenvalue weighted by molar-refractivity contribution is 0.0775. The minimum absolute atomic E-state index is 0.0768. The van der Waals surface area contributed by atoms with Gasteiger partial charge in [-0.3, -0.25) is 9.36 Å². The van der Waals surface area contributed by atoms with Crippen molar-refractivity contribution in [1.82, 2.24) is 19.4 Å². The highest BCUT2D eigenvalue weighted by Crippen LogP contribution is 2.15. The van der Waals surface area contributed by atoms with Crippen LogP contribution in [-0.2, 0) is 6.54 Å². The maximum atomic E-state index is 12.7. The van der Waals surface area contributed by atoms with Crippen LogP contribution in [0, 0.1) is 6.92 Å². The number of imidazole rings is 1. The molecule has 0 bridgehead atoms. The normalized spacial score (nSPS) is 10.6. The summed E-state index contributed by atoms with van der Waals surface area (Å²) in [6.07, 6.45) is 3.25. The Labute approximate surface area is 132 Å². The van der Waals surface area contributed by atoms with Crippen LogP contribution in [-0.4, -0.2) is 32.4 Å². The maximum Gasteiger partial charge on any atom is 0.272 e. The van der Waals surface area contributed by atoms with E-state index < -0.39 is 0 Å². The number of benzene rings is 1. The van der Waals surface area contributed by atoms with E-state index in [1.165, 1.54) is 0 Å². The van der Waals surface area contributed by atoms with Gasteiger partial charge in [0.05, 0.1) is 29.8 Å². The van der Waals surface area contributed by atoms with Gasteiger partial charge >= 0.3 is 0 Å². The van der Waals surface area contributed by atoms with Gasteiger partial charge < -0.3 is 4.90 Å². The van der Waals surface area contributed by atoms with E-state index >= 15 is 0 Å². The number of hydrogen-bond donors (Lipinski definition) is 0. The van der Waals surface area contributed by atoms with Gasteiger partial charge in [0.25, 0.3) is 5.91 Å². The summed E-state index contributed by atoms with van der Waals surface area (Å²) >= 11 is 1.59. The lowest BCUT2D eigenvalue weighted by Gasteiger charge is -2.17. The molecule has 0 spiro atoms. The summed E-state index contributed by atoms with van der Waals surface area (Å²) in [6, 6.07) is 9.71. The van der Waals surface area contributed by atoms with Crippen molar-refractivity contribution >= 4 is 17.2 Å². The number of amides is 1.